The number of rotatable bonds is 4. The molecule has 2 heterocycles. The van der Waals surface area contributed by atoms with Crippen LogP contribution in [0.1, 0.15) is 48.5 Å². The summed E-state index contributed by atoms with van der Waals surface area (Å²) in [4.78, 5) is 16.8. The fourth-order valence-corrected chi connectivity index (χ4v) is 4.20. The zero-order valence-electron chi connectivity index (χ0n) is 11.7. The molecule has 1 amide bonds. The van der Waals surface area contributed by atoms with E-state index in [1.54, 1.807) is 11.3 Å². The van der Waals surface area contributed by atoms with Crippen molar-refractivity contribution in [1.29, 1.82) is 0 Å². The lowest BCUT2D eigenvalue weighted by molar-refractivity contribution is -0.130. The Morgan fingerprint density at radius 1 is 1.47 bits per heavy atom. The molecule has 4 heteroatoms. The number of hydrogen-bond donors (Lipinski definition) is 1. The van der Waals surface area contributed by atoms with Gasteiger partial charge in [0.05, 0.1) is 6.54 Å². The van der Waals surface area contributed by atoms with E-state index in [1.165, 1.54) is 35.4 Å². The summed E-state index contributed by atoms with van der Waals surface area (Å²) in [6.07, 6.45) is 5.18. The van der Waals surface area contributed by atoms with Crippen molar-refractivity contribution in [3.05, 3.63) is 21.9 Å². The third kappa shape index (κ3) is 2.32. The Hall–Kier alpha value is -0.870. The van der Waals surface area contributed by atoms with E-state index >= 15 is 0 Å². The van der Waals surface area contributed by atoms with E-state index in [0.29, 0.717) is 12.0 Å². The molecule has 0 aromatic carbocycles. The molecule has 1 unspecified atom stereocenters. The predicted octanol–water partition coefficient (Wildman–Crippen LogP) is 3.07. The molecule has 1 aliphatic heterocycles. The molecule has 1 saturated carbocycles. The van der Waals surface area contributed by atoms with Crippen LogP contribution in [0.3, 0.4) is 0 Å². The molecule has 1 N–H and O–H groups in total. The number of carbonyl (C=O) groups is 1. The molecule has 2 aliphatic rings. The van der Waals surface area contributed by atoms with Gasteiger partial charge in [-0.3, -0.25) is 10.1 Å². The summed E-state index contributed by atoms with van der Waals surface area (Å²) in [5.74, 6) is 0.260. The van der Waals surface area contributed by atoms with Crippen molar-refractivity contribution in [2.75, 3.05) is 13.1 Å². The van der Waals surface area contributed by atoms with E-state index in [0.717, 1.165) is 6.54 Å². The van der Waals surface area contributed by atoms with Crippen LogP contribution in [0.2, 0.25) is 0 Å². The van der Waals surface area contributed by atoms with Crippen molar-refractivity contribution in [3.8, 4) is 0 Å². The first-order valence-electron chi connectivity index (χ1n) is 7.23. The zero-order valence-corrected chi connectivity index (χ0v) is 12.6. The molecule has 19 heavy (non-hydrogen) atoms. The average molecular weight is 278 g/mol. The molecule has 1 saturated heterocycles. The lowest BCUT2D eigenvalue weighted by atomic mass is 9.66. The van der Waals surface area contributed by atoms with E-state index in [1.807, 2.05) is 0 Å². The number of hydrogen-bond acceptors (Lipinski definition) is 3. The maximum Gasteiger partial charge on any atom is 0.238 e. The second-order valence-electron chi connectivity index (χ2n) is 5.96. The monoisotopic (exact) mass is 278 g/mol. The number of thiophene rings is 1. The van der Waals surface area contributed by atoms with E-state index in [2.05, 4.69) is 36.2 Å². The van der Waals surface area contributed by atoms with Gasteiger partial charge in [0, 0.05) is 16.3 Å². The van der Waals surface area contributed by atoms with Gasteiger partial charge in [0.25, 0.3) is 0 Å². The molecule has 2 fully saturated rings. The van der Waals surface area contributed by atoms with E-state index in [4.69, 9.17) is 0 Å². The Balaban J connectivity index is 1.79. The standard InChI is InChI=1S/C15H22N2OS/c1-3-15(7-4-8-15)10-17-13(18)9-16-14(17)12-6-5-11(2)19-12/h5-6,14,16H,3-4,7-10H2,1-2H3. The summed E-state index contributed by atoms with van der Waals surface area (Å²) < 4.78 is 0. The second kappa shape index (κ2) is 4.91. The topological polar surface area (TPSA) is 32.3 Å². The van der Waals surface area contributed by atoms with Gasteiger partial charge in [0.2, 0.25) is 5.91 Å². The normalized spacial score (nSPS) is 25.7. The van der Waals surface area contributed by atoms with Gasteiger partial charge in [0.1, 0.15) is 6.17 Å². The quantitative estimate of drug-likeness (QED) is 0.918. The van der Waals surface area contributed by atoms with Crippen LogP contribution >= 0.6 is 11.3 Å². The first-order chi connectivity index (χ1) is 9.13. The van der Waals surface area contributed by atoms with Crippen molar-refractivity contribution in [2.24, 2.45) is 5.41 Å². The largest absolute Gasteiger partial charge is 0.320 e. The summed E-state index contributed by atoms with van der Waals surface area (Å²) in [6.45, 7) is 5.80. The molecule has 104 valence electrons. The van der Waals surface area contributed by atoms with E-state index in [-0.39, 0.29) is 12.1 Å². The smallest absolute Gasteiger partial charge is 0.238 e. The van der Waals surface area contributed by atoms with Crippen molar-refractivity contribution < 1.29 is 4.79 Å². The zero-order chi connectivity index (χ0) is 13.5. The Morgan fingerprint density at radius 3 is 2.79 bits per heavy atom. The summed E-state index contributed by atoms with van der Waals surface area (Å²) in [7, 11) is 0. The molecule has 1 atom stereocenters. The maximum absolute atomic E-state index is 12.2. The highest BCUT2D eigenvalue weighted by Gasteiger charge is 2.42. The van der Waals surface area contributed by atoms with Gasteiger partial charge in [-0.15, -0.1) is 11.3 Å². The first-order valence-corrected chi connectivity index (χ1v) is 8.04. The van der Waals surface area contributed by atoms with Gasteiger partial charge in [-0.2, -0.15) is 0 Å². The van der Waals surface area contributed by atoms with E-state index < -0.39 is 0 Å². The van der Waals surface area contributed by atoms with Crippen LogP contribution in [0.4, 0.5) is 0 Å². The summed E-state index contributed by atoms with van der Waals surface area (Å²) in [6, 6.07) is 4.30. The van der Waals surface area contributed by atoms with Crippen LogP contribution in [0, 0.1) is 12.3 Å². The Morgan fingerprint density at radius 2 is 2.26 bits per heavy atom. The molecule has 0 bridgehead atoms. The molecule has 1 aromatic heterocycles. The highest BCUT2D eigenvalue weighted by Crippen LogP contribution is 2.46. The molecular formula is C15H22N2OS. The number of carbonyl (C=O) groups excluding carboxylic acids is 1. The maximum atomic E-state index is 12.2. The third-order valence-corrected chi connectivity index (χ3v) is 5.83. The van der Waals surface area contributed by atoms with Crippen LogP contribution in [0.25, 0.3) is 0 Å². The highest BCUT2D eigenvalue weighted by molar-refractivity contribution is 7.12. The van der Waals surface area contributed by atoms with E-state index in [9.17, 15) is 4.79 Å². The average Bonchev–Trinajstić information content (AvgIpc) is 2.91. The first kappa shape index (κ1) is 13.1. The summed E-state index contributed by atoms with van der Waals surface area (Å²) >= 11 is 1.79. The molecule has 0 radical (unpaired) electrons. The SMILES string of the molecule is CCC1(CN2C(=O)CNC2c2ccc(C)s2)CCC1. The molecule has 0 spiro atoms. The fraction of sp³-hybridized carbons (Fsp3) is 0.667. The third-order valence-electron chi connectivity index (χ3n) is 4.78. The Bertz CT molecular complexity index is 473. The Labute approximate surface area is 119 Å². The van der Waals surface area contributed by atoms with Crippen molar-refractivity contribution >= 4 is 17.2 Å². The van der Waals surface area contributed by atoms with Crippen LogP contribution in [-0.2, 0) is 4.79 Å². The number of amides is 1. The van der Waals surface area contributed by atoms with Gasteiger partial charge in [-0.25, -0.2) is 0 Å². The minimum Gasteiger partial charge on any atom is -0.320 e. The summed E-state index contributed by atoms with van der Waals surface area (Å²) in [5.41, 5.74) is 0.395. The minimum atomic E-state index is 0.107. The number of nitrogens with zero attached hydrogens (tertiary/aromatic N) is 1. The van der Waals surface area contributed by atoms with Crippen LogP contribution in [0.5, 0.6) is 0 Å². The molecule has 3 nitrogen and oxygen atoms in total. The highest BCUT2D eigenvalue weighted by atomic mass is 32.1. The van der Waals surface area contributed by atoms with Crippen LogP contribution < -0.4 is 5.32 Å². The lowest BCUT2D eigenvalue weighted by Crippen LogP contribution is -2.44. The molecular weight excluding hydrogens is 256 g/mol. The minimum absolute atomic E-state index is 0.107. The molecule has 3 rings (SSSR count). The second-order valence-corrected chi connectivity index (χ2v) is 7.28. The van der Waals surface area contributed by atoms with Crippen molar-refractivity contribution in [1.82, 2.24) is 10.2 Å². The van der Waals surface area contributed by atoms with Gasteiger partial charge in [0.15, 0.2) is 0 Å². The van der Waals surface area contributed by atoms with Crippen LogP contribution in [-0.4, -0.2) is 23.9 Å². The fourth-order valence-electron chi connectivity index (χ4n) is 3.24. The van der Waals surface area contributed by atoms with Crippen molar-refractivity contribution in [2.45, 2.75) is 45.7 Å². The molecule has 1 aromatic rings. The number of nitrogens with one attached hydrogen (secondary N) is 1. The van der Waals surface area contributed by atoms with Gasteiger partial charge >= 0.3 is 0 Å². The summed E-state index contributed by atoms with van der Waals surface area (Å²) in [5, 5.41) is 3.37. The van der Waals surface area contributed by atoms with Crippen molar-refractivity contribution in [3.63, 3.8) is 0 Å². The Kier molecular flexibility index (Phi) is 3.39. The lowest BCUT2D eigenvalue weighted by Gasteiger charge is -2.44. The molecule has 1 aliphatic carbocycles. The van der Waals surface area contributed by atoms with Gasteiger partial charge in [-0.05, 0) is 43.7 Å². The van der Waals surface area contributed by atoms with Crippen LogP contribution in [0.15, 0.2) is 12.1 Å². The van der Waals surface area contributed by atoms with Gasteiger partial charge in [-0.1, -0.05) is 13.3 Å². The predicted molar refractivity (Wildman–Crippen MR) is 78.1 cm³/mol. The van der Waals surface area contributed by atoms with Gasteiger partial charge < -0.3 is 4.90 Å². The number of aryl methyl sites for hydroxylation is 1.